The van der Waals surface area contributed by atoms with Gasteiger partial charge in [-0.2, -0.15) is 0 Å². The van der Waals surface area contributed by atoms with Gasteiger partial charge in [0.1, 0.15) is 11.9 Å². The quantitative estimate of drug-likeness (QED) is 0.446. The molecular weight excluding hydrogens is 283 g/mol. The standard InChI is InChI=1S/C13H17FN2O5/c1-3-15-10(13(17)20-2)6-7-21-12-8-9(14)4-5-11(12)16(18)19/h4-5,8,10,15H,3,6-7H2,1-2H3. The van der Waals surface area contributed by atoms with Crippen LogP contribution < -0.4 is 10.1 Å². The van der Waals surface area contributed by atoms with Crippen molar-refractivity contribution in [1.82, 2.24) is 5.32 Å². The van der Waals surface area contributed by atoms with Crippen LogP contribution in [-0.4, -0.2) is 37.2 Å². The molecule has 0 heterocycles. The minimum atomic E-state index is -0.656. The molecule has 116 valence electrons. The first kappa shape index (κ1) is 16.8. The van der Waals surface area contributed by atoms with E-state index in [9.17, 15) is 19.3 Å². The summed E-state index contributed by atoms with van der Waals surface area (Å²) in [5, 5.41) is 13.7. The molecule has 0 spiro atoms. The lowest BCUT2D eigenvalue weighted by Gasteiger charge is -2.15. The van der Waals surface area contributed by atoms with Crippen molar-refractivity contribution >= 4 is 11.7 Å². The van der Waals surface area contributed by atoms with Gasteiger partial charge in [0, 0.05) is 18.6 Å². The SMILES string of the molecule is CCNC(CCOc1cc(F)ccc1[N+](=O)[O-])C(=O)OC. The number of benzene rings is 1. The average molecular weight is 300 g/mol. The number of methoxy groups -OCH3 is 1. The van der Waals surface area contributed by atoms with Crippen LogP contribution in [0.4, 0.5) is 10.1 Å². The first-order chi connectivity index (χ1) is 9.99. The molecule has 0 radical (unpaired) electrons. The first-order valence-electron chi connectivity index (χ1n) is 6.37. The highest BCUT2D eigenvalue weighted by molar-refractivity contribution is 5.75. The molecule has 1 aromatic carbocycles. The fourth-order valence-corrected chi connectivity index (χ4v) is 1.73. The average Bonchev–Trinajstić information content (AvgIpc) is 2.45. The van der Waals surface area contributed by atoms with Crippen molar-refractivity contribution < 1.29 is 23.6 Å². The summed E-state index contributed by atoms with van der Waals surface area (Å²) in [7, 11) is 1.27. The number of carbonyl (C=O) groups excluding carboxylic acids is 1. The summed E-state index contributed by atoms with van der Waals surface area (Å²) in [4.78, 5) is 21.6. The molecule has 0 aliphatic rings. The molecule has 1 N–H and O–H groups in total. The maximum absolute atomic E-state index is 13.1. The third-order valence-electron chi connectivity index (χ3n) is 2.72. The molecule has 0 amide bonds. The summed E-state index contributed by atoms with van der Waals surface area (Å²) in [5.74, 6) is -1.25. The number of hydrogen-bond acceptors (Lipinski definition) is 6. The number of nitro benzene ring substituents is 1. The number of rotatable bonds is 8. The normalized spacial score (nSPS) is 11.8. The number of ether oxygens (including phenoxy) is 2. The molecule has 1 atom stereocenters. The number of halogens is 1. The molecule has 1 aromatic rings. The Balaban J connectivity index is 2.68. The smallest absolute Gasteiger partial charge is 0.322 e. The number of nitrogens with zero attached hydrogens (tertiary/aromatic N) is 1. The minimum absolute atomic E-state index is 0.0110. The van der Waals surface area contributed by atoms with Crippen LogP contribution in [0.25, 0.3) is 0 Å². The van der Waals surface area contributed by atoms with E-state index in [2.05, 4.69) is 10.1 Å². The predicted octanol–water partition coefficient (Wildman–Crippen LogP) is 1.65. The van der Waals surface area contributed by atoms with Crippen LogP contribution in [0.2, 0.25) is 0 Å². The molecule has 0 aliphatic heterocycles. The van der Waals surface area contributed by atoms with Crippen molar-refractivity contribution in [1.29, 1.82) is 0 Å². The van der Waals surface area contributed by atoms with Crippen molar-refractivity contribution in [3.63, 3.8) is 0 Å². The van der Waals surface area contributed by atoms with Crippen molar-refractivity contribution in [2.24, 2.45) is 0 Å². The molecule has 0 aliphatic carbocycles. The van der Waals surface area contributed by atoms with Crippen LogP contribution >= 0.6 is 0 Å². The van der Waals surface area contributed by atoms with Gasteiger partial charge in [-0.05, 0) is 12.6 Å². The van der Waals surface area contributed by atoms with Gasteiger partial charge in [-0.3, -0.25) is 14.9 Å². The Bertz CT molecular complexity index is 509. The second kappa shape index (κ2) is 8.15. The lowest BCUT2D eigenvalue weighted by Crippen LogP contribution is -2.38. The molecule has 21 heavy (non-hydrogen) atoms. The van der Waals surface area contributed by atoms with Gasteiger partial charge in [-0.1, -0.05) is 6.92 Å². The summed E-state index contributed by atoms with van der Waals surface area (Å²) in [6.45, 7) is 2.39. The number of carbonyl (C=O) groups is 1. The van der Waals surface area contributed by atoms with E-state index in [4.69, 9.17) is 4.74 Å². The zero-order valence-corrected chi connectivity index (χ0v) is 11.8. The van der Waals surface area contributed by atoms with Gasteiger partial charge in [-0.25, -0.2) is 4.39 Å². The summed E-state index contributed by atoms with van der Waals surface area (Å²) in [6, 6.07) is 2.39. The van der Waals surface area contributed by atoms with Crippen LogP contribution in [-0.2, 0) is 9.53 Å². The maximum atomic E-state index is 13.1. The fraction of sp³-hybridized carbons (Fsp3) is 0.462. The van der Waals surface area contributed by atoms with Crippen LogP contribution in [0.1, 0.15) is 13.3 Å². The van der Waals surface area contributed by atoms with Crippen molar-refractivity contribution in [2.45, 2.75) is 19.4 Å². The minimum Gasteiger partial charge on any atom is -0.487 e. The molecule has 0 fully saturated rings. The van der Waals surface area contributed by atoms with Crippen LogP contribution in [0.3, 0.4) is 0 Å². The molecule has 7 nitrogen and oxygen atoms in total. The highest BCUT2D eigenvalue weighted by Crippen LogP contribution is 2.27. The Labute approximate surface area is 121 Å². The van der Waals surface area contributed by atoms with E-state index >= 15 is 0 Å². The van der Waals surface area contributed by atoms with Crippen molar-refractivity contribution in [3.8, 4) is 5.75 Å². The van der Waals surface area contributed by atoms with Gasteiger partial charge >= 0.3 is 11.7 Å². The van der Waals surface area contributed by atoms with E-state index in [0.717, 1.165) is 18.2 Å². The Hall–Kier alpha value is -2.22. The maximum Gasteiger partial charge on any atom is 0.322 e. The van der Waals surface area contributed by atoms with Crippen molar-refractivity contribution in [3.05, 3.63) is 34.1 Å². The van der Waals surface area contributed by atoms with E-state index in [1.165, 1.54) is 7.11 Å². The lowest BCUT2D eigenvalue weighted by molar-refractivity contribution is -0.385. The summed E-state index contributed by atoms with van der Waals surface area (Å²) >= 11 is 0. The third kappa shape index (κ3) is 4.99. The van der Waals surface area contributed by atoms with E-state index in [1.54, 1.807) is 0 Å². The monoisotopic (exact) mass is 300 g/mol. The second-order valence-electron chi connectivity index (χ2n) is 4.14. The summed E-state index contributed by atoms with van der Waals surface area (Å²) in [5.41, 5.74) is -0.325. The Kier molecular flexibility index (Phi) is 6.54. The first-order valence-corrected chi connectivity index (χ1v) is 6.37. The molecule has 1 unspecified atom stereocenters. The van der Waals surface area contributed by atoms with E-state index in [1.807, 2.05) is 6.92 Å². The summed E-state index contributed by atoms with van der Waals surface area (Å²) in [6.07, 6.45) is 0.244. The largest absolute Gasteiger partial charge is 0.487 e. The third-order valence-corrected chi connectivity index (χ3v) is 2.72. The summed E-state index contributed by atoms with van der Waals surface area (Å²) < 4.78 is 23.0. The lowest BCUT2D eigenvalue weighted by atomic mass is 10.2. The zero-order valence-electron chi connectivity index (χ0n) is 11.8. The van der Waals surface area contributed by atoms with Crippen LogP contribution in [0.15, 0.2) is 18.2 Å². The van der Waals surface area contributed by atoms with Gasteiger partial charge < -0.3 is 14.8 Å². The number of hydrogen-bond donors (Lipinski definition) is 1. The molecule has 0 saturated carbocycles. The number of likely N-dealkylation sites (N-methyl/N-ethyl adjacent to an activating group) is 1. The Morgan fingerprint density at radius 3 is 2.81 bits per heavy atom. The van der Waals surface area contributed by atoms with Gasteiger partial charge in [-0.15, -0.1) is 0 Å². The highest BCUT2D eigenvalue weighted by Gasteiger charge is 2.20. The highest BCUT2D eigenvalue weighted by atomic mass is 19.1. The van der Waals surface area contributed by atoms with Crippen molar-refractivity contribution in [2.75, 3.05) is 20.3 Å². The predicted molar refractivity (Wildman–Crippen MR) is 72.6 cm³/mol. The molecule has 0 aromatic heterocycles. The molecular formula is C13H17FN2O5. The van der Waals surface area contributed by atoms with E-state index in [-0.39, 0.29) is 24.5 Å². The second-order valence-corrected chi connectivity index (χ2v) is 4.14. The molecule has 0 bridgehead atoms. The van der Waals surface area contributed by atoms with E-state index in [0.29, 0.717) is 6.54 Å². The van der Waals surface area contributed by atoms with Gasteiger partial charge in [0.05, 0.1) is 18.6 Å². The van der Waals surface area contributed by atoms with Gasteiger partial charge in [0.25, 0.3) is 0 Å². The molecule has 8 heteroatoms. The zero-order chi connectivity index (χ0) is 15.8. The fourth-order valence-electron chi connectivity index (χ4n) is 1.73. The topological polar surface area (TPSA) is 90.7 Å². The number of nitro groups is 1. The van der Waals surface area contributed by atoms with Gasteiger partial charge in [0.2, 0.25) is 0 Å². The van der Waals surface area contributed by atoms with E-state index < -0.39 is 22.8 Å². The number of esters is 1. The number of nitrogens with one attached hydrogen (secondary N) is 1. The Morgan fingerprint density at radius 2 is 2.24 bits per heavy atom. The van der Waals surface area contributed by atoms with Crippen LogP contribution in [0.5, 0.6) is 5.75 Å². The molecule has 1 rings (SSSR count). The van der Waals surface area contributed by atoms with Gasteiger partial charge in [0.15, 0.2) is 5.75 Å². The molecule has 0 saturated heterocycles. The van der Waals surface area contributed by atoms with Crippen LogP contribution in [0, 0.1) is 15.9 Å². The Morgan fingerprint density at radius 1 is 1.52 bits per heavy atom.